The highest BCUT2D eigenvalue weighted by atomic mass is 32.2. The lowest BCUT2D eigenvalue weighted by Gasteiger charge is -2.38. The zero-order chi connectivity index (χ0) is 22.9. The smallest absolute Gasteiger partial charge is 0.275 e. The lowest BCUT2D eigenvalue weighted by atomic mass is 9.87. The number of nitrogens with zero attached hydrogens (tertiary/aromatic N) is 3. The van der Waals surface area contributed by atoms with Crippen LogP contribution < -0.4 is 26.6 Å². The van der Waals surface area contributed by atoms with Crippen molar-refractivity contribution in [3.05, 3.63) is 35.3 Å². The van der Waals surface area contributed by atoms with E-state index >= 15 is 0 Å². The third-order valence-corrected chi connectivity index (χ3v) is 8.49. The largest absolute Gasteiger partial charge is 0.370 e. The number of anilines is 3. The van der Waals surface area contributed by atoms with Crippen molar-refractivity contribution in [1.82, 2.24) is 4.98 Å². The van der Waals surface area contributed by atoms with Crippen LogP contribution in [0.5, 0.6) is 0 Å². The monoisotopic (exact) mass is 478 g/mol. The summed E-state index contributed by atoms with van der Waals surface area (Å²) in [5.41, 5.74) is 12.3. The molecule has 2 fully saturated rings. The molecule has 2 aromatic rings. The molecule has 32 heavy (non-hydrogen) atoms. The number of nitrogens with one attached hydrogen (secondary N) is 1. The molecular formula is C20H26N6O4S2. The summed E-state index contributed by atoms with van der Waals surface area (Å²) in [6.07, 6.45) is 0.872. The Morgan fingerprint density at radius 1 is 1.06 bits per heavy atom. The molecule has 3 heterocycles. The van der Waals surface area contributed by atoms with Gasteiger partial charge in [0.25, 0.3) is 5.91 Å². The van der Waals surface area contributed by atoms with Gasteiger partial charge in [0.2, 0.25) is 5.91 Å². The molecule has 0 aliphatic carbocycles. The van der Waals surface area contributed by atoms with Crippen molar-refractivity contribution in [2.75, 3.05) is 52.8 Å². The number of carbonyl (C=O) groups excluding carboxylic acids is 2. The second-order valence-corrected chi connectivity index (χ2v) is 11.3. The molecule has 1 aromatic heterocycles. The molecule has 2 saturated heterocycles. The zero-order valence-corrected chi connectivity index (χ0v) is 19.1. The molecule has 0 radical (unpaired) electrons. The number of thiazole rings is 1. The molecule has 4 rings (SSSR count). The molecule has 0 spiro atoms. The van der Waals surface area contributed by atoms with Gasteiger partial charge in [-0.25, -0.2) is 13.4 Å². The molecule has 2 aliphatic rings. The standard InChI is InChI=1S/C20H26N6O4S2/c21-18(28)20(22)5-7-25(8-6-20)16-4-2-1-3-14(16)23-17(27)15-13-31-19(24-15)26-9-11-32(29,30)12-10-26/h1-4,13H,5-12,22H2,(H2,21,28)(H,23,27). The molecule has 0 atom stereocenters. The number of aromatic nitrogens is 1. The number of benzene rings is 1. The van der Waals surface area contributed by atoms with Crippen LogP contribution in [0.1, 0.15) is 23.3 Å². The minimum Gasteiger partial charge on any atom is -0.370 e. The summed E-state index contributed by atoms with van der Waals surface area (Å²) in [5.74, 6) is -0.648. The summed E-state index contributed by atoms with van der Waals surface area (Å²) in [4.78, 5) is 32.9. The van der Waals surface area contributed by atoms with E-state index in [1.54, 1.807) is 5.38 Å². The van der Waals surface area contributed by atoms with Gasteiger partial charge in [0.05, 0.1) is 28.4 Å². The first kappa shape index (κ1) is 22.5. The normalized spacial score (nSPS) is 20.0. The lowest BCUT2D eigenvalue weighted by molar-refractivity contribution is -0.123. The molecule has 10 nitrogen and oxygen atoms in total. The van der Waals surface area contributed by atoms with E-state index in [4.69, 9.17) is 11.5 Å². The Morgan fingerprint density at radius 2 is 1.72 bits per heavy atom. The summed E-state index contributed by atoms with van der Waals surface area (Å²) >= 11 is 1.32. The minimum absolute atomic E-state index is 0.0944. The molecule has 0 unspecified atom stereocenters. The summed E-state index contributed by atoms with van der Waals surface area (Å²) in [5, 5.41) is 5.24. The summed E-state index contributed by atoms with van der Waals surface area (Å²) in [6.45, 7) is 1.85. The lowest BCUT2D eigenvalue weighted by Crippen LogP contribution is -2.58. The Balaban J connectivity index is 1.44. The van der Waals surface area contributed by atoms with Crippen LogP contribution in [0.4, 0.5) is 16.5 Å². The van der Waals surface area contributed by atoms with Crippen LogP contribution in [-0.2, 0) is 14.6 Å². The highest BCUT2D eigenvalue weighted by molar-refractivity contribution is 7.91. The van der Waals surface area contributed by atoms with Gasteiger partial charge < -0.3 is 26.6 Å². The first-order valence-electron chi connectivity index (χ1n) is 10.3. The Morgan fingerprint density at radius 3 is 2.38 bits per heavy atom. The fraction of sp³-hybridized carbons (Fsp3) is 0.450. The van der Waals surface area contributed by atoms with Crippen molar-refractivity contribution in [2.45, 2.75) is 18.4 Å². The van der Waals surface area contributed by atoms with E-state index in [1.807, 2.05) is 29.2 Å². The van der Waals surface area contributed by atoms with Crippen molar-refractivity contribution >= 4 is 49.5 Å². The van der Waals surface area contributed by atoms with Gasteiger partial charge >= 0.3 is 0 Å². The first-order chi connectivity index (χ1) is 15.2. The number of piperidine rings is 1. The summed E-state index contributed by atoms with van der Waals surface area (Å²) in [7, 11) is -2.98. The van der Waals surface area contributed by atoms with Crippen LogP contribution in [0.15, 0.2) is 29.6 Å². The molecule has 0 saturated carbocycles. The number of rotatable bonds is 5. The minimum atomic E-state index is -2.98. The number of carbonyl (C=O) groups is 2. The number of sulfone groups is 1. The Hall–Kier alpha value is -2.70. The van der Waals surface area contributed by atoms with Gasteiger partial charge in [0, 0.05) is 31.6 Å². The fourth-order valence-corrected chi connectivity index (χ4v) is 5.91. The van der Waals surface area contributed by atoms with Gasteiger partial charge in [-0.05, 0) is 25.0 Å². The van der Waals surface area contributed by atoms with E-state index in [-0.39, 0.29) is 23.1 Å². The van der Waals surface area contributed by atoms with Gasteiger partial charge in [0.15, 0.2) is 15.0 Å². The molecule has 5 N–H and O–H groups in total. The van der Waals surface area contributed by atoms with E-state index in [0.717, 1.165) is 5.69 Å². The number of primary amides is 1. The van der Waals surface area contributed by atoms with Crippen LogP contribution >= 0.6 is 11.3 Å². The van der Waals surface area contributed by atoms with Gasteiger partial charge in [0.1, 0.15) is 5.69 Å². The average Bonchev–Trinajstić information content (AvgIpc) is 3.25. The van der Waals surface area contributed by atoms with Crippen LogP contribution in [0.2, 0.25) is 0 Å². The Bertz CT molecular complexity index is 1110. The summed E-state index contributed by atoms with van der Waals surface area (Å²) in [6, 6.07) is 7.44. The highest BCUT2D eigenvalue weighted by Gasteiger charge is 2.36. The number of amides is 2. The van der Waals surface area contributed by atoms with Crippen molar-refractivity contribution in [3.63, 3.8) is 0 Å². The van der Waals surface area contributed by atoms with Crippen molar-refractivity contribution in [1.29, 1.82) is 0 Å². The van der Waals surface area contributed by atoms with E-state index in [1.165, 1.54) is 11.3 Å². The van der Waals surface area contributed by atoms with Gasteiger partial charge in [-0.2, -0.15) is 0 Å². The molecule has 1 aromatic carbocycles. The van der Waals surface area contributed by atoms with Crippen LogP contribution in [-0.4, -0.2) is 68.4 Å². The third-order valence-electron chi connectivity index (χ3n) is 5.98. The number of para-hydroxylation sites is 2. The van der Waals surface area contributed by atoms with Crippen LogP contribution in [0, 0.1) is 0 Å². The number of nitrogens with two attached hydrogens (primary N) is 2. The molecular weight excluding hydrogens is 452 g/mol. The predicted molar refractivity (Wildman–Crippen MR) is 125 cm³/mol. The van der Waals surface area contributed by atoms with Crippen LogP contribution in [0.25, 0.3) is 0 Å². The second-order valence-electron chi connectivity index (χ2n) is 8.13. The zero-order valence-electron chi connectivity index (χ0n) is 17.5. The first-order valence-corrected chi connectivity index (χ1v) is 13.0. The average molecular weight is 479 g/mol. The number of hydrogen-bond donors (Lipinski definition) is 3. The van der Waals surface area contributed by atoms with Gasteiger partial charge in [-0.3, -0.25) is 9.59 Å². The third kappa shape index (κ3) is 4.71. The van der Waals surface area contributed by atoms with E-state index < -0.39 is 21.3 Å². The second kappa shape index (κ2) is 8.68. The maximum absolute atomic E-state index is 12.9. The van der Waals surface area contributed by atoms with E-state index in [9.17, 15) is 18.0 Å². The molecule has 2 amide bonds. The quantitative estimate of drug-likeness (QED) is 0.559. The molecule has 2 aliphatic heterocycles. The predicted octanol–water partition coefficient (Wildman–Crippen LogP) is 0.413. The van der Waals surface area contributed by atoms with Crippen molar-refractivity contribution in [2.24, 2.45) is 11.5 Å². The van der Waals surface area contributed by atoms with Crippen molar-refractivity contribution in [3.8, 4) is 0 Å². The molecule has 172 valence electrons. The van der Waals surface area contributed by atoms with Crippen LogP contribution in [0.3, 0.4) is 0 Å². The summed E-state index contributed by atoms with van der Waals surface area (Å²) < 4.78 is 23.3. The van der Waals surface area contributed by atoms with Crippen molar-refractivity contribution < 1.29 is 18.0 Å². The van der Waals surface area contributed by atoms with E-state index in [2.05, 4.69) is 15.2 Å². The molecule has 12 heteroatoms. The maximum atomic E-state index is 12.9. The van der Waals surface area contributed by atoms with Gasteiger partial charge in [-0.15, -0.1) is 11.3 Å². The fourth-order valence-electron chi connectivity index (χ4n) is 3.85. The topological polar surface area (TPSA) is 152 Å². The Kier molecular flexibility index (Phi) is 6.10. The molecule has 0 bridgehead atoms. The number of hydrogen-bond acceptors (Lipinski definition) is 9. The van der Waals surface area contributed by atoms with E-state index in [0.29, 0.717) is 49.8 Å². The maximum Gasteiger partial charge on any atom is 0.275 e. The highest BCUT2D eigenvalue weighted by Crippen LogP contribution is 2.31. The van der Waals surface area contributed by atoms with Gasteiger partial charge in [-0.1, -0.05) is 12.1 Å². The SMILES string of the molecule is NC(=O)C1(N)CCN(c2ccccc2NC(=O)c2csc(N3CCS(=O)(=O)CC3)n2)CC1. The Labute approximate surface area is 190 Å².